The summed E-state index contributed by atoms with van der Waals surface area (Å²) in [6.45, 7) is 2.84. The molecule has 0 aliphatic carbocycles. The molecule has 0 N–H and O–H groups in total. The summed E-state index contributed by atoms with van der Waals surface area (Å²) in [5, 5.41) is 0. The van der Waals surface area contributed by atoms with Crippen LogP contribution in [-0.2, 0) is 17.6 Å². The second-order valence-electron chi connectivity index (χ2n) is 4.33. The number of hydrogen-bond acceptors (Lipinski definition) is 2. The summed E-state index contributed by atoms with van der Waals surface area (Å²) in [7, 11) is 3.53. The summed E-state index contributed by atoms with van der Waals surface area (Å²) in [5.74, 6) is 1.06. The van der Waals surface area contributed by atoms with Crippen molar-refractivity contribution in [3.63, 3.8) is 0 Å². The maximum absolute atomic E-state index is 11.7. The maximum atomic E-state index is 11.7. The monoisotopic (exact) mass is 219 g/mol. The smallest absolute Gasteiger partial charge is 0.226 e. The molecule has 0 radical (unpaired) electrons. The molecule has 16 heavy (non-hydrogen) atoms. The molecule has 1 amide bonds. The van der Waals surface area contributed by atoms with Crippen LogP contribution in [0.15, 0.2) is 12.1 Å². The number of benzene rings is 1. The molecule has 2 rings (SSSR count). The lowest BCUT2D eigenvalue weighted by molar-refractivity contribution is -0.128. The summed E-state index contributed by atoms with van der Waals surface area (Å²) in [6.07, 6.45) is 1.42. The van der Waals surface area contributed by atoms with E-state index in [1.807, 2.05) is 20.0 Å². The quantitative estimate of drug-likeness (QED) is 0.717. The van der Waals surface area contributed by atoms with Gasteiger partial charge in [0.2, 0.25) is 5.91 Å². The highest BCUT2D eigenvalue weighted by Gasteiger charge is 2.18. The van der Waals surface area contributed by atoms with Gasteiger partial charge in [0.25, 0.3) is 0 Å². The molecule has 3 nitrogen and oxygen atoms in total. The van der Waals surface area contributed by atoms with Crippen molar-refractivity contribution in [3.8, 4) is 5.75 Å². The predicted molar refractivity (Wildman–Crippen MR) is 62.8 cm³/mol. The summed E-state index contributed by atoms with van der Waals surface area (Å²) in [6, 6.07) is 4.14. The lowest BCUT2D eigenvalue weighted by Gasteiger charge is -2.12. The number of methoxy groups -OCH3 is 1. The molecule has 86 valence electrons. The summed E-state index contributed by atoms with van der Waals surface area (Å²) >= 11 is 0. The van der Waals surface area contributed by atoms with E-state index in [-0.39, 0.29) is 5.91 Å². The van der Waals surface area contributed by atoms with Gasteiger partial charge in [-0.25, -0.2) is 0 Å². The van der Waals surface area contributed by atoms with Crippen LogP contribution in [0.25, 0.3) is 0 Å². The minimum Gasteiger partial charge on any atom is -0.496 e. The van der Waals surface area contributed by atoms with E-state index in [1.54, 1.807) is 12.0 Å². The maximum Gasteiger partial charge on any atom is 0.226 e. The number of ether oxygens (including phenoxy) is 1. The van der Waals surface area contributed by atoms with Crippen molar-refractivity contribution in [3.05, 3.63) is 28.8 Å². The molecule has 0 saturated heterocycles. The fraction of sp³-hybridized carbons (Fsp3) is 0.462. The van der Waals surface area contributed by atoms with Crippen molar-refractivity contribution < 1.29 is 9.53 Å². The number of carbonyl (C=O) groups excluding carboxylic acids is 1. The molecule has 0 bridgehead atoms. The molecule has 0 unspecified atom stereocenters. The van der Waals surface area contributed by atoms with Crippen molar-refractivity contribution in [1.82, 2.24) is 4.90 Å². The number of likely N-dealkylation sites (N-methyl/N-ethyl adjacent to an activating group) is 1. The van der Waals surface area contributed by atoms with Gasteiger partial charge in [-0.3, -0.25) is 4.79 Å². The third kappa shape index (κ3) is 1.90. The first-order valence-corrected chi connectivity index (χ1v) is 5.52. The van der Waals surface area contributed by atoms with Gasteiger partial charge in [0.05, 0.1) is 13.5 Å². The molecule has 0 fully saturated rings. The van der Waals surface area contributed by atoms with Crippen molar-refractivity contribution in [2.45, 2.75) is 19.8 Å². The Morgan fingerprint density at radius 2 is 2.06 bits per heavy atom. The van der Waals surface area contributed by atoms with Gasteiger partial charge in [-0.15, -0.1) is 0 Å². The van der Waals surface area contributed by atoms with Crippen LogP contribution in [0.2, 0.25) is 0 Å². The van der Waals surface area contributed by atoms with Gasteiger partial charge in [0.15, 0.2) is 0 Å². The van der Waals surface area contributed by atoms with E-state index in [0.29, 0.717) is 6.42 Å². The lowest BCUT2D eigenvalue weighted by Crippen LogP contribution is -2.27. The Labute approximate surface area is 96.0 Å². The van der Waals surface area contributed by atoms with Crippen LogP contribution in [0.1, 0.15) is 16.7 Å². The first-order chi connectivity index (χ1) is 7.61. The highest BCUT2D eigenvalue weighted by molar-refractivity contribution is 5.79. The third-order valence-electron chi connectivity index (χ3n) is 3.20. The Kier molecular flexibility index (Phi) is 2.86. The van der Waals surface area contributed by atoms with Crippen molar-refractivity contribution in [1.29, 1.82) is 0 Å². The van der Waals surface area contributed by atoms with E-state index in [0.717, 1.165) is 29.8 Å². The van der Waals surface area contributed by atoms with Gasteiger partial charge < -0.3 is 9.64 Å². The van der Waals surface area contributed by atoms with E-state index in [1.165, 1.54) is 5.56 Å². The van der Waals surface area contributed by atoms with Crippen LogP contribution in [0, 0.1) is 6.92 Å². The molecule has 0 aromatic heterocycles. The van der Waals surface area contributed by atoms with Crippen LogP contribution in [-0.4, -0.2) is 31.5 Å². The molecular formula is C13H17NO2. The summed E-state index contributed by atoms with van der Waals surface area (Å²) < 4.78 is 5.29. The minimum atomic E-state index is 0.185. The van der Waals surface area contributed by atoms with Crippen LogP contribution in [0.3, 0.4) is 0 Å². The number of amides is 1. The molecule has 1 aliphatic rings. The SMILES string of the molecule is COc1cc2c(cc1C)CCN(C)C(=O)C2. The van der Waals surface area contributed by atoms with Gasteiger partial charge in [-0.05, 0) is 36.1 Å². The molecule has 0 spiro atoms. The minimum absolute atomic E-state index is 0.185. The van der Waals surface area contributed by atoms with E-state index in [4.69, 9.17) is 4.74 Å². The van der Waals surface area contributed by atoms with Gasteiger partial charge in [0, 0.05) is 13.6 Å². The van der Waals surface area contributed by atoms with E-state index >= 15 is 0 Å². The predicted octanol–water partition coefficient (Wildman–Crippen LogP) is 1.56. The van der Waals surface area contributed by atoms with Gasteiger partial charge in [-0.2, -0.15) is 0 Å². The topological polar surface area (TPSA) is 29.5 Å². The summed E-state index contributed by atoms with van der Waals surface area (Å²) in [4.78, 5) is 13.5. The Bertz CT molecular complexity index is 426. The van der Waals surface area contributed by atoms with Crippen LogP contribution in [0.4, 0.5) is 0 Å². The zero-order chi connectivity index (χ0) is 11.7. The number of hydrogen-bond donors (Lipinski definition) is 0. The van der Waals surface area contributed by atoms with Crippen molar-refractivity contribution in [2.75, 3.05) is 20.7 Å². The number of aryl methyl sites for hydroxylation is 1. The number of carbonyl (C=O) groups is 1. The average Bonchev–Trinajstić information content (AvgIpc) is 2.39. The van der Waals surface area contributed by atoms with E-state index in [9.17, 15) is 4.79 Å². The zero-order valence-corrected chi connectivity index (χ0v) is 10.0. The van der Waals surface area contributed by atoms with Gasteiger partial charge >= 0.3 is 0 Å². The molecular weight excluding hydrogens is 202 g/mol. The van der Waals surface area contributed by atoms with Crippen molar-refractivity contribution in [2.24, 2.45) is 0 Å². The molecule has 1 aromatic rings. The number of fused-ring (bicyclic) bond motifs is 1. The standard InChI is InChI=1S/C13H17NO2/c1-9-6-10-4-5-14(2)13(15)8-11(10)7-12(9)16-3/h6-7H,4-5,8H2,1-3H3. The number of nitrogens with zero attached hydrogens (tertiary/aromatic N) is 1. The second kappa shape index (κ2) is 4.16. The Hall–Kier alpha value is -1.51. The fourth-order valence-electron chi connectivity index (χ4n) is 2.12. The number of rotatable bonds is 1. The first kappa shape index (κ1) is 11.0. The fourth-order valence-corrected chi connectivity index (χ4v) is 2.12. The molecule has 3 heteroatoms. The molecule has 1 heterocycles. The van der Waals surface area contributed by atoms with Crippen LogP contribution < -0.4 is 4.74 Å². The summed E-state index contributed by atoms with van der Waals surface area (Å²) in [5.41, 5.74) is 3.52. The average molecular weight is 219 g/mol. The van der Waals surface area contributed by atoms with Crippen LogP contribution >= 0.6 is 0 Å². The van der Waals surface area contributed by atoms with Crippen LogP contribution in [0.5, 0.6) is 5.75 Å². The first-order valence-electron chi connectivity index (χ1n) is 5.52. The van der Waals surface area contributed by atoms with E-state index in [2.05, 4.69) is 6.07 Å². The molecule has 1 aliphatic heterocycles. The van der Waals surface area contributed by atoms with Crippen molar-refractivity contribution >= 4 is 5.91 Å². The molecule has 0 saturated carbocycles. The lowest BCUT2D eigenvalue weighted by atomic mass is 9.99. The third-order valence-corrected chi connectivity index (χ3v) is 3.20. The largest absolute Gasteiger partial charge is 0.496 e. The Morgan fingerprint density at radius 1 is 1.31 bits per heavy atom. The normalized spacial score (nSPS) is 15.7. The molecule has 0 atom stereocenters. The highest BCUT2D eigenvalue weighted by Crippen LogP contribution is 2.25. The molecule has 1 aromatic carbocycles. The highest BCUT2D eigenvalue weighted by atomic mass is 16.5. The van der Waals surface area contributed by atoms with Gasteiger partial charge in [-0.1, -0.05) is 6.07 Å². The Balaban J connectivity index is 2.42. The second-order valence-corrected chi connectivity index (χ2v) is 4.33. The van der Waals surface area contributed by atoms with E-state index < -0.39 is 0 Å². The van der Waals surface area contributed by atoms with Gasteiger partial charge in [0.1, 0.15) is 5.75 Å². The Morgan fingerprint density at radius 3 is 2.75 bits per heavy atom. The zero-order valence-electron chi connectivity index (χ0n) is 10.0.